The molecule has 2 amide bonds. The number of carbonyl (C=O) groups is 3. The first kappa shape index (κ1) is 19.1. The zero-order valence-corrected chi connectivity index (χ0v) is 14.6. The van der Waals surface area contributed by atoms with Gasteiger partial charge in [-0.2, -0.15) is 0 Å². The number of hydrogen-bond donors (Lipinski definition) is 2. The van der Waals surface area contributed by atoms with Gasteiger partial charge >= 0.3 is 5.97 Å². The molecular formula is C15H23N3O4S. The number of rotatable bonds is 8. The maximum Gasteiger partial charge on any atom is 0.305 e. The molecule has 1 aromatic heterocycles. The van der Waals surface area contributed by atoms with Gasteiger partial charge in [-0.05, 0) is 13.8 Å². The Kier molecular flexibility index (Phi) is 7.15. The summed E-state index contributed by atoms with van der Waals surface area (Å²) in [6.45, 7) is 7.43. The van der Waals surface area contributed by atoms with Crippen molar-refractivity contribution >= 4 is 34.3 Å². The lowest BCUT2D eigenvalue weighted by Crippen LogP contribution is -2.39. The molecule has 7 nitrogen and oxygen atoms in total. The lowest BCUT2D eigenvalue weighted by Gasteiger charge is -2.25. The van der Waals surface area contributed by atoms with Crippen LogP contribution in [0.5, 0.6) is 0 Å². The van der Waals surface area contributed by atoms with Crippen molar-refractivity contribution < 1.29 is 19.5 Å². The van der Waals surface area contributed by atoms with Crippen LogP contribution in [0.4, 0.5) is 5.13 Å². The molecule has 0 saturated heterocycles. The molecule has 2 N–H and O–H groups in total. The van der Waals surface area contributed by atoms with Gasteiger partial charge in [0.2, 0.25) is 11.8 Å². The minimum Gasteiger partial charge on any atom is -0.481 e. The highest BCUT2D eigenvalue weighted by molar-refractivity contribution is 7.13. The summed E-state index contributed by atoms with van der Waals surface area (Å²) in [7, 11) is 0. The Balaban J connectivity index is 2.66. The van der Waals surface area contributed by atoms with Crippen LogP contribution in [0, 0.1) is 5.92 Å². The molecule has 8 heteroatoms. The first-order chi connectivity index (χ1) is 10.7. The van der Waals surface area contributed by atoms with Crippen LogP contribution < -0.4 is 5.32 Å². The van der Waals surface area contributed by atoms with Gasteiger partial charge in [0.15, 0.2) is 5.13 Å². The van der Waals surface area contributed by atoms with E-state index in [-0.39, 0.29) is 43.2 Å². The highest BCUT2D eigenvalue weighted by Gasteiger charge is 2.19. The van der Waals surface area contributed by atoms with Crippen molar-refractivity contribution in [3.05, 3.63) is 11.1 Å². The Bertz CT molecular complexity index is 569. The zero-order chi connectivity index (χ0) is 17.6. The highest BCUT2D eigenvalue weighted by atomic mass is 32.1. The summed E-state index contributed by atoms with van der Waals surface area (Å²) in [6, 6.07) is -0.0828. The number of hydrogen-bond acceptors (Lipinski definition) is 5. The summed E-state index contributed by atoms with van der Waals surface area (Å²) in [5.41, 5.74) is 0.569. The molecule has 1 rings (SSSR count). The third-order valence-corrected chi connectivity index (χ3v) is 3.96. The Labute approximate surface area is 139 Å². The van der Waals surface area contributed by atoms with Crippen molar-refractivity contribution in [2.24, 2.45) is 5.92 Å². The number of aliphatic carboxylic acids is 1. The van der Waals surface area contributed by atoms with Gasteiger partial charge in [-0.3, -0.25) is 14.4 Å². The minimum absolute atomic E-state index is 0.0828. The summed E-state index contributed by atoms with van der Waals surface area (Å²) in [5, 5.41) is 13.6. The quantitative estimate of drug-likeness (QED) is 0.753. The molecule has 0 aromatic carbocycles. The average molecular weight is 341 g/mol. The largest absolute Gasteiger partial charge is 0.481 e. The van der Waals surface area contributed by atoms with Crippen molar-refractivity contribution in [2.45, 2.75) is 46.6 Å². The summed E-state index contributed by atoms with van der Waals surface area (Å²) >= 11 is 1.27. The summed E-state index contributed by atoms with van der Waals surface area (Å²) in [4.78, 5) is 40.4. The summed E-state index contributed by atoms with van der Waals surface area (Å²) < 4.78 is 0. The molecule has 0 aliphatic rings. The fraction of sp³-hybridized carbons (Fsp3) is 0.600. The van der Waals surface area contributed by atoms with Crippen LogP contribution in [0.1, 0.15) is 39.8 Å². The Morgan fingerprint density at radius 2 is 1.96 bits per heavy atom. The third-order valence-electron chi connectivity index (χ3n) is 3.15. The molecule has 0 unspecified atom stereocenters. The van der Waals surface area contributed by atoms with E-state index in [2.05, 4.69) is 10.3 Å². The van der Waals surface area contributed by atoms with Gasteiger partial charge in [0.25, 0.3) is 0 Å². The maximum atomic E-state index is 12.3. The Hall–Kier alpha value is -1.96. The van der Waals surface area contributed by atoms with Gasteiger partial charge in [-0.1, -0.05) is 13.8 Å². The third kappa shape index (κ3) is 6.35. The predicted octanol–water partition coefficient (Wildman–Crippen LogP) is 1.99. The lowest BCUT2D eigenvalue weighted by atomic mass is 10.2. The smallest absolute Gasteiger partial charge is 0.305 e. The number of aromatic nitrogens is 1. The van der Waals surface area contributed by atoms with Crippen molar-refractivity contribution in [3.8, 4) is 0 Å². The first-order valence-corrected chi connectivity index (χ1v) is 8.35. The topological polar surface area (TPSA) is 99.6 Å². The number of carbonyl (C=O) groups excluding carboxylic acids is 2. The average Bonchev–Trinajstić information content (AvgIpc) is 2.85. The standard InChI is InChI=1S/C15H23N3O4S/c1-9(2)14(22)17-15-16-11(8-23-15)7-12(19)18(10(3)4)6-5-13(20)21/h8-10H,5-7H2,1-4H3,(H,20,21)(H,16,17,22). The van der Waals surface area contributed by atoms with Crippen LogP contribution in [0.2, 0.25) is 0 Å². The van der Waals surface area contributed by atoms with Gasteiger partial charge in [-0.15, -0.1) is 11.3 Å². The minimum atomic E-state index is -0.934. The van der Waals surface area contributed by atoms with E-state index in [1.54, 1.807) is 19.2 Å². The number of amides is 2. The van der Waals surface area contributed by atoms with E-state index in [0.717, 1.165) is 0 Å². The molecule has 0 aliphatic carbocycles. The van der Waals surface area contributed by atoms with E-state index in [1.807, 2.05) is 13.8 Å². The normalized spacial score (nSPS) is 10.9. The molecule has 0 aliphatic heterocycles. The van der Waals surface area contributed by atoms with E-state index in [4.69, 9.17) is 5.11 Å². The number of carboxylic acids is 1. The van der Waals surface area contributed by atoms with Gasteiger partial charge in [0, 0.05) is 23.9 Å². The van der Waals surface area contributed by atoms with Crippen molar-refractivity contribution in [1.29, 1.82) is 0 Å². The van der Waals surface area contributed by atoms with Gasteiger partial charge in [0.1, 0.15) is 0 Å². The van der Waals surface area contributed by atoms with Crippen LogP contribution in [-0.2, 0) is 20.8 Å². The summed E-state index contributed by atoms with van der Waals surface area (Å²) in [5.74, 6) is -1.37. The van der Waals surface area contributed by atoms with Crippen molar-refractivity contribution in [1.82, 2.24) is 9.88 Å². The SMILES string of the molecule is CC(C)C(=O)Nc1nc(CC(=O)N(CCC(=O)O)C(C)C)cs1. The summed E-state index contributed by atoms with van der Waals surface area (Å²) in [6.07, 6.45) is 0.00251. The second kappa shape index (κ2) is 8.61. The second-order valence-electron chi connectivity index (χ2n) is 5.79. The predicted molar refractivity (Wildman–Crippen MR) is 88.4 cm³/mol. The Morgan fingerprint density at radius 3 is 2.48 bits per heavy atom. The van der Waals surface area contributed by atoms with Gasteiger partial charge in [-0.25, -0.2) is 4.98 Å². The van der Waals surface area contributed by atoms with Gasteiger partial charge < -0.3 is 15.3 Å². The maximum absolute atomic E-state index is 12.3. The number of nitrogens with one attached hydrogen (secondary N) is 1. The lowest BCUT2D eigenvalue weighted by molar-refractivity contribution is -0.139. The molecule has 0 spiro atoms. The molecular weight excluding hydrogens is 318 g/mol. The molecule has 1 aromatic rings. The van der Waals surface area contributed by atoms with E-state index < -0.39 is 5.97 Å². The molecule has 0 fully saturated rings. The van der Waals surface area contributed by atoms with E-state index in [9.17, 15) is 14.4 Å². The molecule has 128 valence electrons. The van der Waals surface area contributed by atoms with Crippen molar-refractivity contribution in [3.63, 3.8) is 0 Å². The molecule has 0 bridgehead atoms. The molecule has 0 radical (unpaired) electrons. The molecule has 0 atom stereocenters. The fourth-order valence-electron chi connectivity index (χ4n) is 1.84. The Morgan fingerprint density at radius 1 is 1.30 bits per heavy atom. The molecule has 23 heavy (non-hydrogen) atoms. The number of nitrogens with zero attached hydrogens (tertiary/aromatic N) is 2. The van der Waals surface area contributed by atoms with Crippen LogP contribution >= 0.6 is 11.3 Å². The van der Waals surface area contributed by atoms with Crippen molar-refractivity contribution in [2.75, 3.05) is 11.9 Å². The van der Waals surface area contributed by atoms with Crippen LogP contribution in [0.3, 0.4) is 0 Å². The van der Waals surface area contributed by atoms with Gasteiger partial charge in [0.05, 0.1) is 18.5 Å². The zero-order valence-electron chi connectivity index (χ0n) is 13.8. The first-order valence-electron chi connectivity index (χ1n) is 7.47. The molecule has 0 saturated carbocycles. The van der Waals surface area contributed by atoms with E-state index in [1.165, 1.54) is 16.2 Å². The number of carboxylic acid groups (broad SMARTS) is 1. The van der Waals surface area contributed by atoms with E-state index >= 15 is 0 Å². The van der Waals surface area contributed by atoms with Crippen LogP contribution in [0.15, 0.2) is 5.38 Å². The number of anilines is 1. The fourth-order valence-corrected chi connectivity index (χ4v) is 2.55. The van der Waals surface area contributed by atoms with Crippen LogP contribution in [-0.4, -0.2) is 45.4 Å². The highest BCUT2D eigenvalue weighted by Crippen LogP contribution is 2.17. The van der Waals surface area contributed by atoms with Crippen LogP contribution in [0.25, 0.3) is 0 Å². The monoisotopic (exact) mass is 341 g/mol. The molecule has 1 heterocycles. The van der Waals surface area contributed by atoms with E-state index in [0.29, 0.717) is 10.8 Å². The second-order valence-corrected chi connectivity index (χ2v) is 6.65. The number of thiazole rings is 1.